The van der Waals surface area contributed by atoms with E-state index in [1.165, 1.54) is 6.39 Å². The van der Waals surface area contributed by atoms with Crippen LogP contribution in [0.3, 0.4) is 0 Å². The highest BCUT2D eigenvalue weighted by Crippen LogP contribution is 2.29. The second kappa shape index (κ2) is 4.94. The number of nitrogen functional groups attached to an aromatic ring is 2. The van der Waals surface area contributed by atoms with Crippen LogP contribution in [0.25, 0.3) is 22.6 Å². The molecule has 0 bridgehead atoms. The van der Waals surface area contributed by atoms with Crippen molar-refractivity contribution in [3.63, 3.8) is 0 Å². The maximum Gasteiger partial charge on any atom is 0.222 e. The molecule has 0 amide bonds. The van der Waals surface area contributed by atoms with Gasteiger partial charge in [-0.15, -0.1) is 0 Å². The third-order valence-electron chi connectivity index (χ3n) is 2.92. The Morgan fingerprint density at radius 2 is 1.95 bits per heavy atom. The lowest BCUT2D eigenvalue weighted by molar-refractivity contribution is 0.572. The fourth-order valence-corrected chi connectivity index (χ4v) is 1.99. The molecule has 7 nitrogen and oxygen atoms in total. The van der Waals surface area contributed by atoms with Crippen molar-refractivity contribution >= 4 is 11.8 Å². The number of nitrogens with zero attached hydrogens (tertiary/aromatic N) is 4. The number of benzene rings is 1. The molecule has 0 atom stereocenters. The summed E-state index contributed by atoms with van der Waals surface area (Å²) in [5.41, 5.74) is 13.4. The quantitative estimate of drug-likeness (QED) is 0.731. The SMILES string of the molecule is N#Cc1c(N)nc(N)nc1-c1cccc(-c2cnco2)c1. The van der Waals surface area contributed by atoms with Crippen LogP contribution in [0.4, 0.5) is 11.8 Å². The van der Waals surface area contributed by atoms with Crippen molar-refractivity contribution < 1.29 is 4.42 Å². The molecule has 0 radical (unpaired) electrons. The molecule has 3 aromatic rings. The largest absolute Gasteiger partial charge is 0.444 e. The molecule has 2 aromatic heterocycles. The summed E-state index contributed by atoms with van der Waals surface area (Å²) in [6, 6.07) is 9.32. The molecule has 102 valence electrons. The van der Waals surface area contributed by atoms with E-state index >= 15 is 0 Å². The van der Waals surface area contributed by atoms with Gasteiger partial charge in [0.05, 0.1) is 11.9 Å². The van der Waals surface area contributed by atoms with Crippen LogP contribution in [0.1, 0.15) is 5.56 Å². The first-order valence-electron chi connectivity index (χ1n) is 6.01. The third-order valence-corrected chi connectivity index (χ3v) is 2.92. The van der Waals surface area contributed by atoms with Crippen molar-refractivity contribution in [2.24, 2.45) is 0 Å². The number of hydrogen-bond acceptors (Lipinski definition) is 7. The van der Waals surface area contributed by atoms with Gasteiger partial charge in [0.15, 0.2) is 12.2 Å². The molecule has 7 heteroatoms. The molecule has 0 aliphatic heterocycles. The Bertz CT molecular complexity index is 835. The number of oxazole rings is 1. The first-order valence-corrected chi connectivity index (χ1v) is 6.01. The van der Waals surface area contributed by atoms with Crippen LogP contribution in [0.15, 0.2) is 41.3 Å². The van der Waals surface area contributed by atoms with E-state index in [-0.39, 0.29) is 17.3 Å². The van der Waals surface area contributed by atoms with E-state index in [0.717, 1.165) is 5.56 Å². The monoisotopic (exact) mass is 278 g/mol. The number of aromatic nitrogens is 3. The van der Waals surface area contributed by atoms with Crippen LogP contribution in [-0.4, -0.2) is 15.0 Å². The van der Waals surface area contributed by atoms with E-state index in [0.29, 0.717) is 17.0 Å². The molecule has 0 aliphatic rings. The normalized spacial score (nSPS) is 10.2. The van der Waals surface area contributed by atoms with Crippen LogP contribution in [0, 0.1) is 11.3 Å². The van der Waals surface area contributed by atoms with Crippen LogP contribution in [0.5, 0.6) is 0 Å². The Kier molecular flexibility index (Phi) is 2.97. The van der Waals surface area contributed by atoms with E-state index in [1.807, 2.05) is 30.3 Å². The Labute approximate surface area is 119 Å². The minimum atomic E-state index is 0.0200. The van der Waals surface area contributed by atoms with Gasteiger partial charge in [-0.25, -0.2) is 9.97 Å². The van der Waals surface area contributed by atoms with E-state index in [2.05, 4.69) is 15.0 Å². The van der Waals surface area contributed by atoms with E-state index in [1.54, 1.807) is 6.20 Å². The molecule has 0 saturated heterocycles. The average molecular weight is 278 g/mol. The van der Waals surface area contributed by atoms with E-state index in [9.17, 15) is 5.26 Å². The first kappa shape index (κ1) is 12.6. The van der Waals surface area contributed by atoms with Gasteiger partial charge in [0, 0.05) is 11.1 Å². The molecule has 4 N–H and O–H groups in total. The third kappa shape index (κ3) is 2.26. The molecule has 0 saturated carbocycles. The van der Waals surface area contributed by atoms with E-state index in [4.69, 9.17) is 15.9 Å². The standard InChI is InChI=1S/C14H10N6O/c15-5-10-12(19-14(17)20-13(10)16)9-3-1-2-8(4-9)11-6-18-7-21-11/h1-4,6-7H,(H4,16,17,19,20). The fourth-order valence-electron chi connectivity index (χ4n) is 1.99. The summed E-state index contributed by atoms with van der Waals surface area (Å²) in [7, 11) is 0. The molecular weight excluding hydrogens is 268 g/mol. The molecule has 0 unspecified atom stereocenters. The molecule has 0 aliphatic carbocycles. The second-order valence-corrected chi connectivity index (χ2v) is 4.25. The highest BCUT2D eigenvalue weighted by molar-refractivity contribution is 5.76. The molecular formula is C14H10N6O. The van der Waals surface area contributed by atoms with Gasteiger partial charge in [-0.3, -0.25) is 0 Å². The van der Waals surface area contributed by atoms with Gasteiger partial charge in [-0.05, 0) is 6.07 Å². The zero-order chi connectivity index (χ0) is 14.8. The second-order valence-electron chi connectivity index (χ2n) is 4.25. The lowest BCUT2D eigenvalue weighted by Gasteiger charge is -2.07. The maximum absolute atomic E-state index is 9.23. The molecule has 0 fully saturated rings. The molecule has 3 rings (SSSR count). The maximum atomic E-state index is 9.23. The Morgan fingerprint density at radius 3 is 2.67 bits per heavy atom. The van der Waals surface area contributed by atoms with Gasteiger partial charge in [0.1, 0.15) is 17.5 Å². The number of rotatable bonds is 2. The summed E-state index contributed by atoms with van der Waals surface area (Å²) in [5, 5.41) is 9.23. The zero-order valence-corrected chi connectivity index (χ0v) is 10.8. The molecule has 21 heavy (non-hydrogen) atoms. The summed E-state index contributed by atoms with van der Waals surface area (Å²) in [4.78, 5) is 11.8. The summed E-state index contributed by atoms with van der Waals surface area (Å²) >= 11 is 0. The zero-order valence-electron chi connectivity index (χ0n) is 10.8. The van der Waals surface area contributed by atoms with Gasteiger partial charge in [0.25, 0.3) is 0 Å². The van der Waals surface area contributed by atoms with Crippen LogP contribution >= 0.6 is 0 Å². The van der Waals surface area contributed by atoms with Gasteiger partial charge in [-0.2, -0.15) is 10.2 Å². The predicted molar refractivity (Wildman–Crippen MR) is 76.5 cm³/mol. The lowest BCUT2D eigenvalue weighted by Crippen LogP contribution is -2.04. The predicted octanol–water partition coefficient (Wildman–Crippen LogP) is 1.83. The summed E-state index contributed by atoms with van der Waals surface area (Å²) in [6.07, 6.45) is 2.95. The van der Waals surface area contributed by atoms with Gasteiger partial charge >= 0.3 is 0 Å². The van der Waals surface area contributed by atoms with Crippen LogP contribution < -0.4 is 11.5 Å². The van der Waals surface area contributed by atoms with Crippen molar-refractivity contribution in [3.05, 3.63) is 42.4 Å². The Balaban J connectivity index is 2.18. The topological polar surface area (TPSA) is 128 Å². The Hall–Kier alpha value is -3.40. The van der Waals surface area contributed by atoms with Crippen LogP contribution in [0.2, 0.25) is 0 Å². The molecule has 1 aromatic carbocycles. The number of anilines is 2. The lowest BCUT2D eigenvalue weighted by atomic mass is 10.0. The van der Waals surface area contributed by atoms with Gasteiger partial charge < -0.3 is 15.9 Å². The number of nitriles is 1. The highest BCUT2D eigenvalue weighted by Gasteiger charge is 2.14. The van der Waals surface area contributed by atoms with Crippen LogP contribution in [-0.2, 0) is 0 Å². The summed E-state index contributed by atoms with van der Waals surface area (Å²) in [5.74, 6) is 0.696. The summed E-state index contributed by atoms with van der Waals surface area (Å²) < 4.78 is 5.26. The molecule has 0 spiro atoms. The van der Waals surface area contributed by atoms with Crippen molar-refractivity contribution in [3.8, 4) is 28.7 Å². The first-order chi connectivity index (χ1) is 10.2. The highest BCUT2D eigenvalue weighted by atomic mass is 16.3. The average Bonchev–Trinajstić information content (AvgIpc) is 3.01. The fraction of sp³-hybridized carbons (Fsp3) is 0. The van der Waals surface area contributed by atoms with Crippen molar-refractivity contribution in [2.75, 3.05) is 11.5 Å². The molecule has 2 heterocycles. The Morgan fingerprint density at radius 1 is 1.14 bits per heavy atom. The number of nitrogens with two attached hydrogens (primary N) is 2. The van der Waals surface area contributed by atoms with Crippen molar-refractivity contribution in [1.29, 1.82) is 5.26 Å². The van der Waals surface area contributed by atoms with Gasteiger partial charge in [0.2, 0.25) is 5.95 Å². The summed E-state index contributed by atoms with van der Waals surface area (Å²) in [6.45, 7) is 0. The minimum Gasteiger partial charge on any atom is -0.444 e. The van der Waals surface area contributed by atoms with E-state index < -0.39 is 0 Å². The minimum absolute atomic E-state index is 0.0200. The van der Waals surface area contributed by atoms with Crippen molar-refractivity contribution in [1.82, 2.24) is 15.0 Å². The van der Waals surface area contributed by atoms with Gasteiger partial charge in [-0.1, -0.05) is 18.2 Å². The smallest absolute Gasteiger partial charge is 0.222 e. The number of hydrogen-bond donors (Lipinski definition) is 2. The van der Waals surface area contributed by atoms with Crippen molar-refractivity contribution in [2.45, 2.75) is 0 Å².